The highest BCUT2D eigenvalue weighted by molar-refractivity contribution is 7.80. The maximum absolute atomic E-state index is 13.4. The molecule has 0 bridgehead atoms. The molecule has 2 aliphatic heterocycles. The lowest BCUT2D eigenvalue weighted by Gasteiger charge is -2.40. The van der Waals surface area contributed by atoms with Gasteiger partial charge in [-0.3, -0.25) is 4.79 Å². The second-order valence-electron chi connectivity index (χ2n) is 10.2. The second-order valence-corrected chi connectivity index (χ2v) is 10.6. The summed E-state index contributed by atoms with van der Waals surface area (Å²) in [7, 11) is 4.55. The van der Waals surface area contributed by atoms with Gasteiger partial charge >= 0.3 is 12.1 Å². The van der Waals surface area contributed by atoms with Crippen molar-refractivity contribution in [2.75, 3.05) is 40.0 Å². The molecule has 0 saturated carbocycles. The maximum Gasteiger partial charge on any atom is 0.416 e. The normalized spacial score (nSPS) is 21.8. The number of carbonyl (C=O) groups is 1. The van der Waals surface area contributed by atoms with Crippen molar-refractivity contribution < 1.29 is 46.4 Å². The first-order valence-electron chi connectivity index (χ1n) is 13.3. The van der Waals surface area contributed by atoms with Crippen LogP contribution >= 0.6 is 12.2 Å². The molecule has 0 aromatic heterocycles. The molecule has 2 heterocycles. The number of benzene rings is 3. The number of esters is 1. The number of thiocarbonyl (C=S) groups is 1. The third-order valence-corrected chi connectivity index (χ3v) is 8.21. The maximum atomic E-state index is 13.4. The Morgan fingerprint density at radius 1 is 0.907 bits per heavy atom. The molecule has 226 valence electrons. The summed E-state index contributed by atoms with van der Waals surface area (Å²) in [5, 5.41) is 6.40. The minimum absolute atomic E-state index is 0.0496. The Labute approximate surface area is 250 Å². The van der Waals surface area contributed by atoms with E-state index >= 15 is 0 Å². The summed E-state index contributed by atoms with van der Waals surface area (Å²) in [5.41, 5.74) is 1.94. The van der Waals surface area contributed by atoms with E-state index in [0.29, 0.717) is 34.4 Å². The van der Waals surface area contributed by atoms with E-state index in [1.165, 1.54) is 33.5 Å². The first-order valence-corrected chi connectivity index (χ1v) is 13.7. The van der Waals surface area contributed by atoms with Crippen LogP contribution in [-0.4, -0.2) is 45.8 Å². The van der Waals surface area contributed by atoms with Gasteiger partial charge in [0.05, 0.1) is 45.5 Å². The molecule has 3 aliphatic rings. The number of hydrogen-bond donors (Lipinski definition) is 2. The fraction of sp³-hybridized carbons (Fsp3) is 0.333. The number of anilines is 1. The molecule has 43 heavy (non-hydrogen) atoms. The van der Waals surface area contributed by atoms with E-state index in [4.69, 9.17) is 40.6 Å². The van der Waals surface area contributed by atoms with Crippen molar-refractivity contribution in [3.05, 3.63) is 70.8 Å². The lowest BCUT2D eigenvalue weighted by molar-refractivity contribution is -0.141. The van der Waals surface area contributed by atoms with Crippen molar-refractivity contribution in [3.8, 4) is 28.7 Å². The highest BCUT2D eigenvalue weighted by Crippen LogP contribution is 2.55. The van der Waals surface area contributed by atoms with Gasteiger partial charge in [0.15, 0.2) is 28.1 Å². The minimum Gasteiger partial charge on any atom is -0.493 e. The van der Waals surface area contributed by atoms with Crippen molar-refractivity contribution >= 4 is 29.0 Å². The second kappa shape index (κ2) is 11.0. The summed E-state index contributed by atoms with van der Waals surface area (Å²) >= 11 is 5.58. The van der Waals surface area contributed by atoms with E-state index in [1.807, 2.05) is 24.3 Å². The van der Waals surface area contributed by atoms with E-state index < -0.39 is 29.6 Å². The van der Waals surface area contributed by atoms with Gasteiger partial charge < -0.3 is 39.1 Å². The molecule has 0 spiro atoms. The van der Waals surface area contributed by atoms with Crippen LogP contribution in [-0.2, 0) is 15.7 Å². The van der Waals surface area contributed by atoms with Crippen molar-refractivity contribution in [2.24, 2.45) is 11.8 Å². The van der Waals surface area contributed by atoms with Crippen LogP contribution in [0.15, 0.2) is 48.5 Å². The highest BCUT2D eigenvalue weighted by atomic mass is 32.1. The summed E-state index contributed by atoms with van der Waals surface area (Å²) in [4.78, 5) is 13.4. The summed E-state index contributed by atoms with van der Waals surface area (Å²) in [5.74, 6) is 0.519. The number of ether oxygens (including phenoxy) is 6. The lowest BCUT2D eigenvalue weighted by atomic mass is 9.65. The smallest absolute Gasteiger partial charge is 0.416 e. The van der Waals surface area contributed by atoms with Gasteiger partial charge in [-0.2, -0.15) is 13.2 Å². The van der Waals surface area contributed by atoms with Gasteiger partial charge in [0, 0.05) is 17.5 Å². The Kier molecular flexibility index (Phi) is 7.36. The van der Waals surface area contributed by atoms with Gasteiger partial charge in [-0.05, 0) is 77.4 Å². The summed E-state index contributed by atoms with van der Waals surface area (Å²) in [6, 6.07) is 11.4. The Bertz CT molecular complexity index is 1560. The lowest BCUT2D eigenvalue weighted by Crippen LogP contribution is -2.44. The zero-order valence-corrected chi connectivity index (χ0v) is 24.1. The van der Waals surface area contributed by atoms with Gasteiger partial charge in [0.25, 0.3) is 0 Å². The number of methoxy groups -OCH3 is 3. The fourth-order valence-electron chi connectivity index (χ4n) is 6.08. The van der Waals surface area contributed by atoms with Gasteiger partial charge in [-0.15, -0.1) is 0 Å². The molecule has 2 N–H and O–H groups in total. The standard InChI is InChI=1S/C30H27F3N2O7S/c1-37-22-8-14(9-23(38-2)27(22)39-3)24-17-10-20-21(42-13-41-20)11-18(17)26(19-12-40-28(36)25(19)24)35-29(43)34-16-6-4-15(5-7-16)30(31,32)33/h4-11,19,24-26H,12-13H2,1-3H3,(H2,34,35,43)/t19-,24+,25-,26+/m0/s1. The number of fused-ring (bicyclic) bond motifs is 3. The number of hydrogen-bond acceptors (Lipinski definition) is 8. The molecule has 3 aromatic carbocycles. The average Bonchev–Trinajstić information content (AvgIpc) is 3.61. The van der Waals surface area contributed by atoms with Crippen LogP contribution in [0.4, 0.5) is 18.9 Å². The molecule has 9 nitrogen and oxygen atoms in total. The van der Waals surface area contributed by atoms with Crippen LogP contribution < -0.4 is 34.3 Å². The van der Waals surface area contributed by atoms with Gasteiger partial charge in [-0.1, -0.05) is 0 Å². The average molecular weight is 617 g/mol. The topological polar surface area (TPSA) is 96.5 Å². The Morgan fingerprint density at radius 2 is 1.53 bits per heavy atom. The number of carbonyl (C=O) groups excluding carboxylic acids is 1. The van der Waals surface area contributed by atoms with Crippen LogP contribution in [0.2, 0.25) is 0 Å². The van der Waals surface area contributed by atoms with Crippen LogP contribution in [0.25, 0.3) is 0 Å². The van der Waals surface area contributed by atoms with Gasteiger partial charge in [0.2, 0.25) is 12.5 Å². The van der Waals surface area contributed by atoms with Gasteiger partial charge in [-0.25, -0.2) is 0 Å². The SMILES string of the molecule is COc1cc([C@@H]2c3cc4c(cc3[C@@H](NC(=S)Nc3ccc(C(F)(F)F)cc3)[C@H]3COC(=O)[C@H]23)OCO4)cc(OC)c1OC. The third-order valence-electron chi connectivity index (χ3n) is 7.99. The van der Waals surface area contributed by atoms with E-state index in [0.717, 1.165) is 28.8 Å². The molecule has 1 aliphatic carbocycles. The third kappa shape index (κ3) is 5.11. The zero-order chi connectivity index (χ0) is 30.5. The van der Waals surface area contributed by atoms with Crippen molar-refractivity contribution in [2.45, 2.75) is 18.1 Å². The summed E-state index contributed by atoms with van der Waals surface area (Å²) in [6.07, 6.45) is -4.45. The predicted octanol–water partition coefficient (Wildman–Crippen LogP) is 5.42. The summed E-state index contributed by atoms with van der Waals surface area (Å²) in [6.45, 7) is 0.173. The first-order chi connectivity index (χ1) is 20.6. The molecule has 0 radical (unpaired) electrons. The number of alkyl halides is 3. The molecule has 1 fully saturated rings. The number of nitrogens with one attached hydrogen (secondary N) is 2. The molecule has 13 heteroatoms. The fourth-order valence-corrected chi connectivity index (χ4v) is 6.32. The molecule has 0 amide bonds. The molecular weight excluding hydrogens is 589 g/mol. The van der Waals surface area contributed by atoms with Crippen LogP contribution in [0.3, 0.4) is 0 Å². The van der Waals surface area contributed by atoms with E-state index in [-0.39, 0.29) is 30.4 Å². The monoisotopic (exact) mass is 616 g/mol. The van der Waals surface area contributed by atoms with E-state index in [9.17, 15) is 18.0 Å². The number of halogens is 3. The Hall–Kier alpha value is -4.39. The highest BCUT2D eigenvalue weighted by Gasteiger charge is 2.53. The summed E-state index contributed by atoms with van der Waals surface area (Å²) < 4.78 is 72.8. The van der Waals surface area contributed by atoms with Crippen LogP contribution in [0.1, 0.15) is 34.2 Å². The zero-order valence-electron chi connectivity index (χ0n) is 23.2. The first kappa shape index (κ1) is 28.7. The van der Waals surface area contributed by atoms with E-state index in [2.05, 4.69) is 10.6 Å². The van der Waals surface area contributed by atoms with Gasteiger partial charge in [0.1, 0.15) is 0 Å². The Morgan fingerprint density at radius 3 is 2.12 bits per heavy atom. The largest absolute Gasteiger partial charge is 0.493 e. The molecule has 0 unspecified atom stereocenters. The molecule has 3 aromatic rings. The molecule has 6 rings (SSSR count). The predicted molar refractivity (Wildman–Crippen MR) is 152 cm³/mol. The van der Waals surface area contributed by atoms with Crippen molar-refractivity contribution in [1.82, 2.24) is 5.32 Å². The molecule has 4 atom stereocenters. The van der Waals surface area contributed by atoms with Crippen LogP contribution in [0, 0.1) is 11.8 Å². The van der Waals surface area contributed by atoms with Crippen LogP contribution in [0.5, 0.6) is 28.7 Å². The molecule has 1 saturated heterocycles. The Balaban J connectivity index is 1.41. The minimum atomic E-state index is -4.45. The quantitative estimate of drug-likeness (QED) is 0.276. The van der Waals surface area contributed by atoms with E-state index in [1.54, 1.807) is 0 Å². The number of cyclic esters (lactones) is 1. The number of rotatable bonds is 6. The van der Waals surface area contributed by atoms with Crippen molar-refractivity contribution in [3.63, 3.8) is 0 Å². The van der Waals surface area contributed by atoms with Crippen molar-refractivity contribution in [1.29, 1.82) is 0 Å². The molecular formula is C30H27F3N2O7S.